The van der Waals surface area contributed by atoms with Crippen LogP contribution < -0.4 is 5.32 Å². The van der Waals surface area contributed by atoms with Crippen molar-refractivity contribution in [1.82, 2.24) is 15.2 Å². The van der Waals surface area contributed by atoms with Gasteiger partial charge in [0.05, 0.1) is 10.6 Å². The van der Waals surface area contributed by atoms with Gasteiger partial charge in [-0.05, 0) is 18.9 Å². The summed E-state index contributed by atoms with van der Waals surface area (Å²) in [7, 11) is 0. The number of nitrogens with one attached hydrogen (secondary N) is 2. The number of anilines is 1. The van der Waals surface area contributed by atoms with Gasteiger partial charge in [-0.1, -0.05) is 32.1 Å². The third-order valence-electron chi connectivity index (χ3n) is 3.61. The van der Waals surface area contributed by atoms with Crippen molar-refractivity contribution in [1.29, 1.82) is 0 Å². The van der Waals surface area contributed by atoms with Gasteiger partial charge in [-0.15, -0.1) is 0 Å². The highest BCUT2D eigenvalue weighted by atomic mass is 32.1. The second-order valence-electron chi connectivity index (χ2n) is 6.44. The second kappa shape index (κ2) is 5.31. The number of amides is 1. The van der Waals surface area contributed by atoms with Crippen molar-refractivity contribution in [2.75, 3.05) is 5.32 Å². The highest BCUT2D eigenvalue weighted by molar-refractivity contribution is 7.17. The van der Waals surface area contributed by atoms with E-state index in [9.17, 15) is 9.59 Å². The van der Waals surface area contributed by atoms with E-state index in [0.29, 0.717) is 22.1 Å². The number of aromatic amines is 1. The molecule has 0 bridgehead atoms. The molecule has 0 aromatic carbocycles. The van der Waals surface area contributed by atoms with E-state index in [1.165, 1.54) is 11.3 Å². The molecule has 0 unspecified atom stereocenters. The molecule has 1 amide bonds. The molecule has 3 rings (SSSR count). The first kappa shape index (κ1) is 14.9. The van der Waals surface area contributed by atoms with E-state index in [2.05, 4.69) is 20.5 Å². The molecule has 2 aromatic heterocycles. The van der Waals surface area contributed by atoms with E-state index in [-0.39, 0.29) is 17.1 Å². The number of fused-ring (bicyclic) bond motifs is 1. The first-order valence-corrected chi connectivity index (χ1v) is 8.06. The molecule has 0 atom stereocenters. The molecule has 0 fully saturated rings. The van der Waals surface area contributed by atoms with Gasteiger partial charge in [0, 0.05) is 17.5 Å². The molecule has 0 spiro atoms. The summed E-state index contributed by atoms with van der Waals surface area (Å²) < 4.78 is 0. The highest BCUT2D eigenvalue weighted by Crippen LogP contribution is 2.30. The summed E-state index contributed by atoms with van der Waals surface area (Å²) in [6, 6.07) is 1.74. The molecular weight excluding hydrogens is 300 g/mol. The Hall–Kier alpha value is -2.02. The maximum atomic E-state index is 12.2. The molecule has 22 heavy (non-hydrogen) atoms. The molecule has 6 nitrogen and oxygen atoms in total. The Morgan fingerprint density at radius 1 is 1.36 bits per heavy atom. The monoisotopic (exact) mass is 318 g/mol. The maximum absolute atomic E-state index is 12.2. The zero-order valence-corrected chi connectivity index (χ0v) is 13.6. The molecule has 1 aliphatic rings. The summed E-state index contributed by atoms with van der Waals surface area (Å²) in [4.78, 5) is 29.1. The molecule has 116 valence electrons. The molecule has 0 saturated heterocycles. The van der Waals surface area contributed by atoms with Gasteiger partial charge in [-0.2, -0.15) is 5.10 Å². The Bertz CT molecular complexity index is 739. The standard InChI is InChI=1S/C15H18N4O2S/c1-15(2,3)11-7-9(18-19-11)13(21)17-14-16-8-5-4-6-10(20)12(8)22-14/h7H,4-6H2,1-3H3,(H,18,19)(H,16,17,21). The Kier molecular flexibility index (Phi) is 3.60. The number of thiazole rings is 1. The minimum Gasteiger partial charge on any atom is -0.296 e. The number of Topliss-reactive ketones (excluding diaryl/α,β-unsaturated/α-hetero) is 1. The van der Waals surface area contributed by atoms with E-state index in [4.69, 9.17) is 0 Å². The molecule has 1 aliphatic carbocycles. The maximum Gasteiger partial charge on any atom is 0.277 e. The summed E-state index contributed by atoms with van der Waals surface area (Å²) >= 11 is 1.25. The first-order valence-electron chi connectivity index (χ1n) is 7.25. The van der Waals surface area contributed by atoms with E-state index in [0.717, 1.165) is 24.2 Å². The van der Waals surface area contributed by atoms with Gasteiger partial charge in [-0.3, -0.25) is 20.0 Å². The molecule has 7 heteroatoms. The Morgan fingerprint density at radius 2 is 2.14 bits per heavy atom. The number of carbonyl (C=O) groups excluding carboxylic acids is 2. The van der Waals surface area contributed by atoms with Crippen LogP contribution in [-0.2, 0) is 11.8 Å². The van der Waals surface area contributed by atoms with Crippen molar-refractivity contribution in [3.63, 3.8) is 0 Å². The van der Waals surface area contributed by atoms with E-state index in [1.54, 1.807) is 6.07 Å². The van der Waals surface area contributed by atoms with Gasteiger partial charge in [0.15, 0.2) is 16.6 Å². The molecule has 2 heterocycles. The molecule has 0 saturated carbocycles. The number of hydrogen-bond acceptors (Lipinski definition) is 5. The average molecular weight is 318 g/mol. The van der Waals surface area contributed by atoms with Crippen molar-refractivity contribution < 1.29 is 9.59 Å². The number of H-pyrrole nitrogens is 1. The van der Waals surface area contributed by atoms with Gasteiger partial charge in [0.1, 0.15) is 0 Å². The van der Waals surface area contributed by atoms with Crippen molar-refractivity contribution >= 4 is 28.2 Å². The lowest BCUT2D eigenvalue weighted by Gasteiger charge is -2.14. The van der Waals surface area contributed by atoms with Crippen molar-refractivity contribution in [3.8, 4) is 0 Å². The summed E-state index contributed by atoms with van der Waals surface area (Å²) in [5.41, 5.74) is 1.92. The number of ketones is 1. The normalized spacial score (nSPS) is 14.8. The molecule has 0 radical (unpaired) electrons. The van der Waals surface area contributed by atoms with Crippen LogP contribution >= 0.6 is 11.3 Å². The lowest BCUT2D eigenvalue weighted by molar-refractivity contribution is 0.0975. The zero-order valence-electron chi connectivity index (χ0n) is 12.8. The van der Waals surface area contributed by atoms with Crippen LogP contribution in [-0.4, -0.2) is 26.9 Å². The molecule has 0 aliphatic heterocycles. The minimum absolute atomic E-state index is 0.0990. The van der Waals surface area contributed by atoms with E-state index in [1.807, 2.05) is 20.8 Å². The average Bonchev–Trinajstić information content (AvgIpc) is 3.04. The molecular formula is C15H18N4O2S. The largest absolute Gasteiger partial charge is 0.296 e. The lowest BCUT2D eigenvalue weighted by atomic mass is 9.92. The fraction of sp³-hybridized carbons (Fsp3) is 0.467. The van der Waals surface area contributed by atoms with Gasteiger partial charge in [-0.25, -0.2) is 4.98 Å². The molecule has 2 N–H and O–H groups in total. The predicted molar refractivity (Wildman–Crippen MR) is 84.6 cm³/mol. The molecule has 2 aromatic rings. The topological polar surface area (TPSA) is 87.7 Å². The highest BCUT2D eigenvalue weighted by Gasteiger charge is 2.24. The quantitative estimate of drug-likeness (QED) is 0.891. The number of hydrogen-bond donors (Lipinski definition) is 2. The SMILES string of the molecule is CC(C)(C)c1cc(C(=O)Nc2nc3c(s2)C(=O)CCC3)n[nH]1. The van der Waals surface area contributed by atoms with E-state index < -0.39 is 0 Å². The third kappa shape index (κ3) is 2.81. The Labute approximate surface area is 132 Å². The minimum atomic E-state index is -0.315. The fourth-order valence-corrected chi connectivity index (χ4v) is 3.28. The van der Waals surface area contributed by atoms with Crippen LogP contribution in [0.4, 0.5) is 5.13 Å². The van der Waals surface area contributed by atoms with Crippen LogP contribution in [0.15, 0.2) is 6.07 Å². The number of nitrogens with zero attached hydrogens (tertiary/aromatic N) is 2. The fourth-order valence-electron chi connectivity index (χ4n) is 2.31. The van der Waals surface area contributed by atoms with Crippen LogP contribution in [0.1, 0.15) is 65.2 Å². The van der Waals surface area contributed by atoms with Crippen molar-refractivity contribution in [2.45, 2.75) is 45.4 Å². The summed E-state index contributed by atoms with van der Waals surface area (Å²) in [6.45, 7) is 6.13. The van der Waals surface area contributed by atoms with Crippen LogP contribution in [0.25, 0.3) is 0 Å². The second-order valence-corrected chi connectivity index (χ2v) is 7.44. The number of rotatable bonds is 2. The Morgan fingerprint density at radius 3 is 2.77 bits per heavy atom. The summed E-state index contributed by atoms with van der Waals surface area (Å²) in [6.07, 6.45) is 2.19. The van der Waals surface area contributed by atoms with Crippen LogP contribution in [0.3, 0.4) is 0 Å². The van der Waals surface area contributed by atoms with Crippen LogP contribution in [0.5, 0.6) is 0 Å². The summed E-state index contributed by atoms with van der Waals surface area (Å²) in [5.74, 6) is -0.195. The smallest absolute Gasteiger partial charge is 0.277 e. The van der Waals surface area contributed by atoms with Gasteiger partial charge >= 0.3 is 0 Å². The van der Waals surface area contributed by atoms with Crippen molar-refractivity contribution in [3.05, 3.63) is 28.0 Å². The predicted octanol–water partition coefficient (Wildman–Crippen LogP) is 2.94. The van der Waals surface area contributed by atoms with Crippen LogP contribution in [0.2, 0.25) is 0 Å². The lowest BCUT2D eigenvalue weighted by Crippen LogP contribution is -2.13. The number of carbonyl (C=O) groups is 2. The number of aromatic nitrogens is 3. The first-order chi connectivity index (χ1) is 10.3. The van der Waals surface area contributed by atoms with Gasteiger partial charge < -0.3 is 0 Å². The third-order valence-corrected chi connectivity index (χ3v) is 4.66. The van der Waals surface area contributed by atoms with Gasteiger partial charge in [0.25, 0.3) is 5.91 Å². The van der Waals surface area contributed by atoms with E-state index >= 15 is 0 Å². The Balaban J connectivity index is 1.77. The summed E-state index contributed by atoms with van der Waals surface area (Å²) in [5, 5.41) is 10.1. The van der Waals surface area contributed by atoms with Crippen molar-refractivity contribution in [2.24, 2.45) is 0 Å². The van der Waals surface area contributed by atoms with Gasteiger partial charge in [0.2, 0.25) is 0 Å². The number of aryl methyl sites for hydroxylation is 1. The van der Waals surface area contributed by atoms with Crippen LogP contribution in [0, 0.1) is 0 Å². The zero-order chi connectivity index (χ0) is 15.9.